The number of fused-ring (bicyclic) bond motifs is 1. The molecule has 0 saturated heterocycles. The van der Waals surface area contributed by atoms with Crippen LogP contribution in [0.25, 0.3) is 10.8 Å². The van der Waals surface area contributed by atoms with Gasteiger partial charge in [-0.15, -0.1) is 0 Å². The van der Waals surface area contributed by atoms with Crippen molar-refractivity contribution in [3.63, 3.8) is 0 Å². The fourth-order valence-corrected chi connectivity index (χ4v) is 2.71. The van der Waals surface area contributed by atoms with Crippen LogP contribution in [0.5, 0.6) is 0 Å². The zero-order valence-corrected chi connectivity index (χ0v) is 12.9. The largest absolute Gasteiger partial charge is 0.314 e. The van der Waals surface area contributed by atoms with Crippen molar-refractivity contribution in [3.05, 3.63) is 48.0 Å². The van der Waals surface area contributed by atoms with Gasteiger partial charge in [0.2, 0.25) is 0 Å². The molecule has 0 amide bonds. The summed E-state index contributed by atoms with van der Waals surface area (Å²) in [6, 6.07) is 15.9. The van der Waals surface area contributed by atoms with Crippen LogP contribution in [0.3, 0.4) is 0 Å². The third-order valence-corrected chi connectivity index (χ3v) is 3.76. The molecule has 2 aromatic carbocycles. The summed E-state index contributed by atoms with van der Waals surface area (Å²) >= 11 is 0. The maximum atomic E-state index is 3.62. The number of likely N-dealkylation sites (N-methyl/N-ethyl adjacent to an activating group) is 1. The first-order chi connectivity index (χ1) is 9.70. The summed E-state index contributed by atoms with van der Waals surface area (Å²) in [5.74, 6) is 0. The van der Waals surface area contributed by atoms with Crippen molar-refractivity contribution >= 4 is 10.8 Å². The van der Waals surface area contributed by atoms with Crippen LogP contribution in [0.2, 0.25) is 0 Å². The molecule has 20 heavy (non-hydrogen) atoms. The lowest BCUT2D eigenvalue weighted by Gasteiger charge is -2.21. The van der Waals surface area contributed by atoms with Gasteiger partial charge in [-0.3, -0.25) is 0 Å². The average Bonchev–Trinajstić information content (AvgIpc) is 2.45. The molecule has 0 aromatic heterocycles. The summed E-state index contributed by atoms with van der Waals surface area (Å²) in [5, 5.41) is 6.36. The van der Waals surface area contributed by atoms with E-state index in [0.29, 0.717) is 6.04 Å². The van der Waals surface area contributed by atoms with Crippen LogP contribution >= 0.6 is 0 Å². The Bertz CT molecular complexity index is 528. The second kappa shape index (κ2) is 7.41. The standard InChI is InChI=1S/C18H26N2/c1-4-19-17(12-13-20(2)3)14-16-10-7-9-15-8-5-6-11-18(15)16/h5-11,17,19H,4,12-14H2,1-3H3. The first-order valence-corrected chi connectivity index (χ1v) is 7.55. The lowest BCUT2D eigenvalue weighted by atomic mass is 9.97. The molecular weight excluding hydrogens is 244 g/mol. The second-order valence-electron chi connectivity index (χ2n) is 5.69. The number of benzene rings is 2. The van der Waals surface area contributed by atoms with E-state index in [1.807, 2.05) is 0 Å². The Balaban J connectivity index is 2.15. The zero-order chi connectivity index (χ0) is 14.4. The minimum atomic E-state index is 0.549. The van der Waals surface area contributed by atoms with Gasteiger partial charge in [0.1, 0.15) is 0 Å². The van der Waals surface area contributed by atoms with Gasteiger partial charge in [0, 0.05) is 6.04 Å². The molecule has 1 unspecified atom stereocenters. The van der Waals surface area contributed by atoms with E-state index in [1.165, 1.54) is 22.8 Å². The van der Waals surface area contributed by atoms with Crippen LogP contribution in [-0.4, -0.2) is 38.1 Å². The van der Waals surface area contributed by atoms with E-state index >= 15 is 0 Å². The Morgan fingerprint density at radius 1 is 1.05 bits per heavy atom. The highest BCUT2D eigenvalue weighted by Crippen LogP contribution is 2.20. The van der Waals surface area contributed by atoms with E-state index in [2.05, 4.69) is 73.7 Å². The van der Waals surface area contributed by atoms with Gasteiger partial charge in [0.15, 0.2) is 0 Å². The molecule has 0 bridgehead atoms. The molecule has 1 atom stereocenters. The quantitative estimate of drug-likeness (QED) is 0.830. The molecule has 0 aliphatic carbocycles. The maximum absolute atomic E-state index is 3.62. The molecule has 0 aliphatic heterocycles. The van der Waals surface area contributed by atoms with Crippen LogP contribution in [0.1, 0.15) is 18.9 Å². The molecule has 2 aromatic rings. The predicted octanol–water partition coefficient (Wildman–Crippen LogP) is 3.31. The summed E-state index contributed by atoms with van der Waals surface area (Å²) in [7, 11) is 4.28. The minimum absolute atomic E-state index is 0.549. The highest BCUT2D eigenvalue weighted by Gasteiger charge is 2.10. The van der Waals surface area contributed by atoms with Crippen LogP contribution < -0.4 is 5.32 Å². The van der Waals surface area contributed by atoms with Crippen molar-refractivity contribution in [1.29, 1.82) is 0 Å². The summed E-state index contributed by atoms with van der Waals surface area (Å²) in [6.07, 6.45) is 2.28. The van der Waals surface area contributed by atoms with Gasteiger partial charge in [-0.25, -0.2) is 0 Å². The Morgan fingerprint density at radius 2 is 1.80 bits per heavy atom. The topological polar surface area (TPSA) is 15.3 Å². The zero-order valence-electron chi connectivity index (χ0n) is 12.9. The summed E-state index contributed by atoms with van der Waals surface area (Å²) < 4.78 is 0. The van der Waals surface area contributed by atoms with E-state index in [-0.39, 0.29) is 0 Å². The summed E-state index contributed by atoms with van der Waals surface area (Å²) in [5.41, 5.74) is 1.45. The van der Waals surface area contributed by atoms with Crippen molar-refractivity contribution in [1.82, 2.24) is 10.2 Å². The van der Waals surface area contributed by atoms with E-state index in [4.69, 9.17) is 0 Å². The monoisotopic (exact) mass is 270 g/mol. The maximum Gasteiger partial charge on any atom is 0.0120 e. The third kappa shape index (κ3) is 4.06. The molecular formula is C18H26N2. The Morgan fingerprint density at radius 3 is 2.55 bits per heavy atom. The van der Waals surface area contributed by atoms with Crippen LogP contribution in [0.15, 0.2) is 42.5 Å². The molecule has 1 N–H and O–H groups in total. The number of nitrogens with one attached hydrogen (secondary N) is 1. The Hall–Kier alpha value is -1.38. The fourth-order valence-electron chi connectivity index (χ4n) is 2.71. The molecule has 0 heterocycles. The highest BCUT2D eigenvalue weighted by atomic mass is 15.1. The van der Waals surface area contributed by atoms with Crippen molar-refractivity contribution in [2.24, 2.45) is 0 Å². The molecule has 0 spiro atoms. The smallest absolute Gasteiger partial charge is 0.0120 e. The van der Waals surface area contributed by atoms with Crippen LogP contribution in [0.4, 0.5) is 0 Å². The minimum Gasteiger partial charge on any atom is -0.314 e. The van der Waals surface area contributed by atoms with Crippen molar-refractivity contribution < 1.29 is 0 Å². The summed E-state index contributed by atoms with van der Waals surface area (Å²) in [4.78, 5) is 2.26. The van der Waals surface area contributed by atoms with E-state index in [9.17, 15) is 0 Å². The summed E-state index contributed by atoms with van der Waals surface area (Å²) in [6.45, 7) is 4.34. The Kier molecular flexibility index (Phi) is 5.57. The first kappa shape index (κ1) is 15.0. The molecule has 0 radical (unpaired) electrons. The number of rotatable bonds is 7. The van der Waals surface area contributed by atoms with Crippen molar-refractivity contribution in [2.45, 2.75) is 25.8 Å². The third-order valence-electron chi connectivity index (χ3n) is 3.76. The number of nitrogens with zero attached hydrogens (tertiary/aromatic N) is 1. The van der Waals surface area contributed by atoms with Gasteiger partial charge in [-0.1, -0.05) is 49.4 Å². The molecule has 0 saturated carbocycles. The van der Waals surface area contributed by atoms with E-state index in [0.717, 1.165) is 19.5 Å². The highest BCUT2D eigenvalue weighted by molar-refractivity contribution is 5.85. The molecule has 108 valence electrons. The molecule has 0 fully saturated rings. The van der Waals surface area contributed by atoms with Gasteiger partial charge in [-0.05, 0) is 56.4 Å². The van der Waals surface area contributed by atoms with Gasteiger partial charge < -0.3 is 10.2 Å². The van der Waals surface area contributed by atoms with Crippen molar-refractivity contribution in [2.75, 3.05) is 27.2 Å². The lowest BCUT2D eigenvalue weighted by Crippen LogP contribution is -2.34. The van der Waals surface area contributed by atoms with Gasteiger partial charge >= 0.3 is 0 Å². The Labute approximate surface area is 122 Å². The van der Waals surface area contributed by atoms with Crippen LogP contribution in [-0.2, 0) is 6.42 Å². The van der Waals surface area contributed by atoms with Crippen molar-refractivity contribution in [3.8, 4) is 0 Å². The van der Waals surface area contributed by atoms with Gasteiger partial charge in [0.25, 0.3) is 0 Å². The average molecular weight is 270 g/mol. The number of hydrogen-bond acceptors (Lipinski definition) is 2. The SMILES string of the molecule is CCNC(CCN(C)C)Cc1cccc2ccccc12. The second-order valence-corrected chi connectivity index (χ2v) is 5.69. The lowest BCUT2D eigenvalue weighted by molar-refractivity contribution is 0.359. The molecule has 0 aliphatic rings. The fraction of sp³-hybridized carbons (Fsp3) is 0.444. The molecule has 2 rings (SSSR count). The van der Waals surface area contributed by atoms with E-state index < -0.39 is 0 Å². The van der Waals surface area contributed by atoms with Gasteiger partial charge in [-0.2, -0.15) is 0 Å². The van der Waals surface area contributed by atoms with Gasteiger partial charge in [0.05, 0.1) is 0 Å². The van der Waals surface area contributed by atoms with Crippen LogP contribution in [0, 0.1) is 0 Å². The molecule has 2 heteroatoms. The van der Waals surface area contributed by atoms with E-state index in [1.54, 1.807) is 0 Å². The first-order valence-electron chi connectivity index (χ1n) is 7.55. The normalized spacial score (nSPS) is 13.0. The molecule has 2 nitrogen and oxygen atoms in total. The predicted molar refractivity (Wildman–Crippen MR) is 88.3 cm³/mol. The number of hydrogen-bond donors (Lipinski definition) is 1.